The van der Waals surface area contributed by atoms with Gasteiger partial charge in [-0.3, -0.25) is 0 Å². The van der Waals surface area contributed by atoms with Gasteiger partial charge in [0.1, 0.15) is 0 Å². The summed E-state index contributed by atoms with van der Waals surface area (Å²) in [6, 6.07) is 8.94. The molecule has 0 spiro atoms. The molecule has 0 bridgehead atoms. The van der Waals surface area contributed by atoms with E-state index in [1.54, 1.807) is 0 Å². The number of aromatic nitrogens is 1. The lowest BCUT2D eigenvalue weighted by Gasteiger charge is -2.13. The van der Waals surface area contributed by atoms with Crippen molar-refractivity contribution in [3.8, 4) is 0 Å². The van der Waals surface area contributed by atoms with Crippen molar-refractivity contribution in [3.63, 3.8) is 0 Å². The Balaban J connectivity index is 2.09. The maximum atomic E-state index is 3.57. The Morgan fingerprint density at radius 3 is 2.94 bits per heavy atom. The van der Waals surface area contributed by atoms with Gasteiger partial charge in [-0.25, -0.2) is 0 Å². The molecule has 0 amide bonds. The van der Waals surface area contributed by atoms with Gasteiger partial charge in [0, 0.05) is 23.1 Å². The maximum Gasteiger partial charge on any atom is 0.0599 e. The predicted octanol–water partition coefficient (Wildman–Crippen LogP) is 4.16. The summed E-state index contributed by atoms with van der Waals surface area (Å²) in [6.07, 6.45) is 5.85. The van der Waals surface area contributed by atoms with Crippen molar-refractivity contribution >= 4 is 16.6 Å². The summed E-state index contributed by atoms with van der Waals surface area (Å²) in [4.78, 5) is 3.29. The Kier molecular flexibility index (Phi) is 3.50. The molecule has 2 aromatic rings. The quantitative estimate of drug-likeness (QED) is 0.771. The predicted molar refractivity (Wildman–Crippen MR) is 70.9 cm³/mol. The molecular weight excluding hydrogens is 196 g/mol. The van der Waals surface area contributed by atoms with Gasteiger partial charge < -0.3 is 10.3 Å². The summed E-state index contributed by atoms with van der Waals surface area (Å²) in [5, 5.41) is 4.85. The van der Waals surface area contributed by atoms with Gasteiger partial charge in [-0.15, -0.1) is 0 Å². The largest absolute Gasteiger partial charge is 0.381 e. The lowest BCUT2D eigenvalue weighted by atomic mass is 10.1. The molecule has 2 rings (SSSR count). The number of anilines is 1. The fourth-order valence-electron chi connectivity index (χ4n) is 2.04. The van der Waals surface area contributed by atoms with Crippen LogP contribution in [0.2, 0.25) is 0 Å². The summed E-state index contributed by atoms with van der Waals surface area (Å²) in [5.74, 6) is 0. The van der Waals surface area contributed by atoms with Crippen LogP contribution in [-0.4, -0.2) is 11.0 Å². The van der Waals surface area contributed by atoms with Crippen LogP contribution < -0.4 is 5.32 Å². The average Bonchev–Trinajstić information content (AvgIpc) is 2.70. The highest BCUT2D eigenvalue weighted by Crippen LogP contribution is 2.23. The molecule has 0 saturated heterocycles. The van der Waals surface area contributed by atoms with Gasteiger partial charge >= 0.3 is 0 Å². The van der Waals surface area contributed by atoms with Crippen LogP contribution in [0.4, 0.5) is 5.69 Å². The molecule has 0 aliphatic rings. The molecule has 0 aliphatic heterocycles. The first-order valence-corrected chi connectivity index (χ1v) is 6.14. The minimum Gasteiger partial charge on any atom is -0.381 e. The molecule has 2 nitrogen and oxygen atoms in total. The summed E-state index contributed by atoms with van der Waals surface area (Å²) >= 11 is 0. The van der Waals surface area contributed by atoms with Crippen molar-refractivity contribution in [1.82, 2.24) is 4.98 Å². The molecule has 2 heteroatoms. The van der Waals surface area contributed by atoms with E-state index in [4.69, 9.17) is 0 Å². The van der Waals surface area contributed by atoms with Gasteiger partial charge in [0.05, 0.1) is 5.69 Å². The summed E-state index contributed by atoms with van der Waals surface area (Å²) in [5.41, 5.74) is 2.42. The molecule has 1 atom stereocenters. The second-order valence-electron chi connectivity index (χ2n) is 4.44. The van der Waals surface area contributed by atoms with Gasteiger partial charge in [0.15, 0.2) is 0 Å². The molecule has 2 N–H and O–H groups in total. The highest BCUT2D eigenvalue weighted by molar-refractivity contribution is 5.92. The van der Waals surface area contributed by atoms with E-state index in [-0.39, 0.29) is 0 Å². The smallest absolute Gasteiger partial charge is 0.0599 e. The third-order valence-corrected chi connectivity index (χ3v) is 2.98. The maximum absolute atomic E-state index is 3.57. The average molecular weight is 216 g/mol. The number of unbranched alkanes of at least 4 members (excludes halogenated alkanes) is 1. The van der Waals surface area contributed by atoms with Gasteiger partial charge in [-0.1, -0.05) is 38.0 Å². The number of para-hydroxylation sites is 1. The molecule has 86 valence electrons. The highest BCUT2D eigenvalue weighted by Gasteiger charge is 2.05. The number of fused-ring (bicyclic) bond motifs is 1. The van der Waals surface area contributed by atoms with Crippen molar-refractivity contribution in [3.05, 3.63) is 30.5 Å². The zero-order valence-electron chi connectivity index (χ0n) is 10.1. The molecule has 0 radical (unpaired) electrons. The monoisotopic (exact) mass is 216 g/mol. The molecular formula is C14H20N2. The van der Waals surface area contributed by atoms with Crippen molar-refractivity contribution in [1.29, 1.82) is 0 Å². The van der Waals surface area contributed by atoms with Crippen LogP contribution in [0.5, 0.6) is 0 Å². The molecule has 1 aromatic carbocycles. The van der Waals surface area contributed by atoms with E-state index in [1.807, 2.05) is 0 Å². The summed E-state index contributed by atoms with van der Waals surface area (Å²) in [7, 11) is 0. The number of hydrogen-bond donors (Lipinski definition) is 2. The minimum absolute atomic E-state index is 0.541. The van der Waals surface area contributed by atoms with Crippen LogP contribution in [0, 0.1) is 0 Å². The molecule has 1 heterocycles. The lowest BCUT2D eigenvalue weighted by Crippen LogP contribution is -2.14. The first kappa shape index (κ1) is 11.1. The van der Waals surface area contributed by atoms with Crippen molar-refractivity contribution < 1.29 is 0 Å². The number of aromatic amines is 1. The molecule has 1 aromatic heterocycles. The Morgan fingerprint density at radius 2 is 2.12 bits per heavy atom. The first-order valence-electron chi connectivity index (χ1n) is 6.14. The third-order valence-electron chi connectivity index (χ3n) is 2.98. The topological polar surface area (TPSA) is 27.8 Å². The van der Waals surface area contributed by atoms with E-state index in [2.05, 4.69) is 54.6 Å². The molecule has 0 saturated carbocycles. The Hall–Kier alpha value is -1.44. The number of nitrogens with one attached hydrogen (secondary N) is 2. The highest BCUT2D eigenvalue weighted by atomic mass is 14.9. The van der Waals surface area contributed by atoms with E-state index < -0.39 is 0 Å². The van der Waals surface area contributed by atoms with Gasteiger partial charge in [0.2, 0.25) is 0 Å². The Bertz CT molecular complexity index is 445. The molecule has 16 heavy (non-hydrogen) atoms. The van der Waals surface area contributed by atoms with Crippen LogP contribution in [-0.2, 0) is 0 Å². The number of benzene rings is 1. The second kappa shape index (κ2) is 5.06. The zero-order valence-corrected chi connectivity index (χ0v) is 10.1. The molecule has 1 unspecified atom stereocenters. The van der Waals surface area contributed by atoms with E-state index in [0.29, 0.717) is 6.04 Å². The number of rotatable bonds is 5. The zero-order chi connectivity index (χ0) is 11.4. The normalized spacial score (nSPS) is 12.9. The first-order chi connectivity index (χ1) is 7.81. The van der Waals surface area contributed by atoms with E-state index in [1.165, 1.54) is 35.9 Å². The van der Waals surface area contributed by atoms with Crippen molar-refractivity contribution in [2.45, 2.75) is 39.2 Å². The fourth-order valence-corrected chi connectivity index (χ4v) is 2.04. The van der Waals surface area contributed by atoms with Crippen molar-refractivity contribution in [2.75, 3.05) is 5.32 Å². The van der Waals surface area contributed by atoms with Crippen LogP contribution in [0.15, 0.2) is 30.5 Å². The fraction of sp³-hybridized carbons (Fsp3) is 0.429. The van der Waals surface area contributed by atoms with Crippen LogP contribution in [0.1, 0.15) is 33.1 Å². The number of hydrogen-bond acceptors (Lipinski definition) is 1. The Labute approximate surface area is 97.1 Å². The standard InChI is InChI=1S/C14H20N2/c1-3-4-7-11(2)16-14-10-15-13-9-6-5-8-12(13)14/h5-6,8-11,15-16H,3-4,7H2,1-2H3. The SMILES string of the molecule is CCCCC(C)Nc1c[nH]c2ccccc12. The summed E-state index contributed by atoms with van der Waals surface area (Å²) < 4.78 is 0. The molecule has 0 aliphatic carbocycles. The second-order valence-corrected chi connectivity index (χ2v) is 4.44. The van der Waals surface area contributed by atoms with E-state index >= 15 is 0 Å². The van der Waals surface area contributed by atoms with E-state index in [9.17, 15) is 0 Å². The lowest BCUT2D eigenvalue weighted by molar-refractivity contribution is 0.645. The molecule has 0 fully saturated rings. The van der Waals surface area contributed by atoms with Gasteiger partial charge in [-0.05, 0) is 19.4 Å². The van der Waals surface area contributed by atoms with Crippen LogP contribution >= 0.6 is 0 Å². The third kappa shape index (κ3) is 2.38. The minimum atomic E-state index is 0.541. The van der Waals surface area contributed by atoms with Gasteiger partial charge in [-0.2, -0.15) is 0 Å². The summed E-state index contributed by atoms with van der Waals surface area (Å²) in [6.45, 7) is 4.48. The van der Waals surface area contributed by atoms with E-state index in [0.717, 1.165) is 0 Å². The van der Waals surface area contributed by atoms with Crippen molar-refractivity contribution in [2.24, 2.45) is 0 Å². The van der Waals surface area contributed by atoms with Gasteiger partial charge in [0.25, 0.3) is 0 Å². The van der Waals surface area contributed by atoms with Crippen LogP contribution in [0.3, 0.4) is 0 Å². The Morgan fingerprint density at radius 1 is 1.31 bits per heavy atom. The number of H-pyrrole nitrogens is 1. The van der Waals surface area contributed by atoms with Crippen LogP contribution in [0.25, 0.3) is 10.9 Å².